The minimum atomic E-state index is 0.127. The maximum absolute atomic E-state index is 8.83. The minimum Gasteiger partial charge on any atom is -0.496 e. The van der Waals surface area contributed by atoms with Gasteiger partial charge in [0.25, 0.3) is 0 Å². The lowest BCUT2D eigenvalue weighted by Gasteiger charge is -2.07. The maximum Gasteiger partial charge on any atom is 0.126 e. The van der Waals surface area contributed by atoms with Gasteiger partial charge in [0.15, 0.2) is 0 Å². The number of benzene rings is 1. The van der Waals surface area contributed by atoms with Gasteiger partial charge in [-0.2, -0.15) is 0 Å². The van der Waals surface area contributed by atoms with Gasteiger partial charge in [0.2, 0.25) is 0 Å². The molecule has 0 heterocycles. The normalized spacial score (nSPS) is 12.9. The first-order valence-electron chi connectivity index (χ1n) is 5.41. The number of hydrogen-bond acceptors (Lipinski definition) is 3. The van der Waals surface area contributed by atoms with Crippen molar-refractivity contribution >= 4 is 6.08 Å². The number of methoxy groups -OCH3 is 1. The van der Waals surface area contributed by atoms with Crippen molar-refractivity contribution in [3.05, 3.63) is 35.9 Å². The fourth-order valence-electron chi connectivity index (χ4n) is 1.32. The molecule has 3 nitrogen and oxygen atoms in total. The van der Waals surface area contributed by atoms with E-state index in [2.05, 4.69) is 5.32 Å². The van der Waals surface area contributed by atoms with Gasteiger partial charge in [-0.1, -0.05) is 30.4 Å². The first-order chi connectivity index (χ1) is 7.77. The molecule has 0 aliphatic heterocycles. The quantitative estimate of drug-likeness (QED) is 0.768. The molecule has 1 aromatic rings. The van der Waals surface area contributed by atoms with Crippen LogP contribution in [-0.4, -0.2) is 31.4 Å². The fraction of sp³-hybridized carbons (Fsp3) is 0.385. The first-order valence-corrected chi connectivity index (χ1v) is 5.41. The van der Waals surface area contributed by atoms with E-state index in [1.165, 1.54) is 0 Å². The highest BCUT2D eigenvalue weighted by Gasteiger charge is 1.97. The van der Waals surface area contributed by atoms with Gasteiger partial charge >= 0.3 is 0 Å². The number of rotatable bonds is 6. The second kappa shape index (κ2) is 7.04. The van der Waals surface area contributed by atoms with Crippen molar-refractivity contribution in [1.29, 1.82) is 0 Å². The summed E-state index contributed by atoms with van der Waals surface area (Å²) in [7, 11) is 1.67. The molecule has 0 saturated carbocycles. The summed E-state index contributed by atoms with van der Waals surface area (Å²) < 4.78 is 5.23. The monoisotopic (exact) mass is 221 g/mol. The Bertz CT molecular complexity index is 336. The van der Waals surface area contributed by atoms with E-state index in [4.69, 9.17) is 9.84 Å². The van der Waals surface area contributed by atoms with Gasteiger partial charge in [-0.05, 0) is 13.0 Å². The fourth-order valence-corrected chi connectivity index (χ4v) is 1.32. The molecule has 0 aromatic heterocycles. The number of ether oxygens (including phenoxy) is 1. The predicted octanol–water partition coefficient (Wildman–Crippen LogP) is 1.68. The first kappa shape index (κ1) is 12.7. The van der Waals surface area contributed by atoms with E-state index in [1.54, 1.807) is 7.11 Å². The molecule has 0 bridgehead atoms. The molecule has 16 heavy (non-hydrogen) atoms. The number of hydrogen-bond donors (Lipinski definition) is 2. The van der Waals surface area contributed by atoms with Crippen molar-refractivity contribution in [2.45, 2.75) is 13.0 Å². The van der Waals surface area contributed by atoms with Crippen LogP contribution < -0.4 is 10.1 Å². The average molecular weight is 221 g/mol. The lowest BCUT2D eigenvalue weighted by atomic mass is 10.2. The van der Waals surface area contributed by atoms with E-state index in [1.807, 2.05) is 43.3 Å². The summed E-state index contributed by atoms with van der Waals surface area (Å²) >= 11 is 0. The highest BCUT2D eigenvalue weighted by Crippen LogP contribution is 2.18. The molecule has 0 fully saturated rings. The van der Waals surface area contributed by atoms with Gasteiger partial charge in [0.1, 0.15) is 5.75 Å². The lowest BCUT2D eigenvalue weighted by molar-refractivity contribution is 0.255. The van der Waals surface area contributed by atoms with Crippen molar-refractivity contribution in [1.82, 2.24) is 5.32 Å². The summed E-state index contributed by atoms with van der Waals surface area (Å²) in [6.07, 6.45) is 4.03. The van der Waals surface area contributed by atoms with E-state index in [9.17, 15) is 0 Å². The van der Waals surface area contributed by atoms with Crippen molar-refractivity contribution in [3.8, 4) is 5.75 Å². The molecule has 0 radical (unpaired) electrons. The summed E-state index contributed by atoms with van der Waals surface area (Å²) in [5.74, 6) is 0.869. The Hall–Kier alpha value is -1.32. The zero-order valence-corrected chi connectivity index (χ0v) is 9.81. The molecular formula is C13H19NO2. The van der Waals surface area contributed by atoms with E-state index in [0.717, 1.165) is 17.9 Å². The van der Waals surface area contributed by atoms with Crippen LogP contribution in [0.2, 0.25) is 0 Å². The molecule has 3 heteroatoms. The standard InChI is InChI=1S/C13H19NO2/c1-11(10-15)14-9-5-7-12-6-3-4-8-13(12)16-2/h3-8,11,14-15H,9-10H2,1-2H3/b7-5+. The van der Waals surface area contributed by atoms with E-state index < -0.39 is 0 Å². The van der Waals surface area contributed by atoms with E-state index in [-0.39, 0.29) is 12.6 Å². The van der Waals surface area contributed by atoms with Crippen molar-refractivity contribution < 1.29 is 9.84 Å². The largest absolute Gasteiger partial charge is 0.496 e. The Morgan fingerprint density at radius 1 is 1.44 bits per heavy atom. The molecular weight excluding hydrogens is 202 g/mol. The second-order valence-electron chi connectivity index (χ2n) is 3.64. The van der Waals surface area contributed by atoms with Crippen molar-refractivity contribution in [2.24, 2.45) is 0 Å². The molecule has 1 unspecified atom stereocenters. The van der Waals surface area contributed by atoms with Crippen LogP contribution in [0.15, 0.2) is 30.3 Å². The third kappa shape index (κ3) is 4.04. The molecule has 0 saturated heterocycles. The predicted molar refractivity (Wildman–Crippen MR) is 66.6 cm³/mol. The van der Waals surface area contributed by atoms with Crippen LogP contribution in [0, 0.1) is 0 Å². The smallest absolute Gasteiger partial charge is 0.126 e. The summed E-state index contributed by atoms with van der Waals surface area (Å²) in [4.78, 5) is 0. The summed E-state index contributed by atoms with van der Waals surface area (Å²) in [6, 6.07) is 7.99. The Kier molecular flexibility index (Phi) is 5.61. The van der Waals surface area contributed by atoms with Gasteiger partial charge in [-0.3, -0.25) is 0 Å². The topological polar surface area (TPSA) is 41.5 Å². The zero-order valence-electron chi connectivity index (χ0n) is 9.81. The van der Waals surface area contributed by atoms with Crippen LogP contribution >= 0.6 is 0 Å². The maximum atomic E-state index is 8.83. The van der Waals surface area contributed by atoms with Crippen LogP contribution in [-0.2, 0) is 0 Å². The van der Waals surface area contributed by atoms with Crippen LogP contribution in [0.5, 0.6) is 5.75 Å². The SMILES string of the molecule is COc1ccccc1/C=C/CNC(C)CO. The number of aliphatic hydroxyl groups is 1. The van der Waals surface area contributed by atoms with Gasteiger partial charge in [0.05, 0.1) is 13.7 Å². The number of aliphatic hydroxyl groups excluding tert-OH is 1. The van der Waals surface area contributed by atoms with Crippen LogP contribution in [0.1, 0.15) is 12.5 Å². The third-order valence-corrected chi connectivity index (χ3v) is 2.29. The molecule has 1 aromatic carbocycles. The van der Waals surface area contributed by atoms with Gasteiger partial charge in [0, 0.05) is 18.2 Å². The number of nitrogens with one attached hydrogen (secondary N) is 1. The number of para-hydroxylation sites is 1. The second-order valence-corrected chi connectivity index (χ2v) is 3.64. The Balaban J connectivity index is 2.49. The molecule has 2 N–H and O–H groups in total. The van der Waals surface area contributed by atoms with Gasteiger partial charge < -0.3 is 15.2 Å². The Labute approximate surface area is 96.8 Å². The average Bonchev–Trinajstić information content (AvgIpc) is 2.34. The highest BCUT2D eigenvalue weighted by atomic mass is 16.5. The lowest BCUT2D eigenvalue weighted by Crippen LogP contribution is -2.29. The molecule has 0 spiro atoms. The van der Waals surface area contributed by atoms with E-state index in [0.29, 0.717) is 0 Å². The van der Waals surface area contributed by atoms with Gasteiger partial charge in [-0.25, -0.2) is 0 Å². The highest BCUT2D eigenvalue weighted by molar-refractivity contribution is 5.57. The summed E-state index contributed by atoms with van der Waals surface area (Å²) in [5, 5.41) is 12.0. The summed E-state index contributed by atoms with van der Waals surface area (Å²) in [6.45, 7) is 2.83. The molecule has 0 aliphatic carbocycles. The third-order valence-electron chi connectivity index (χ3n) is 2.29. The van der Waals surface area contributed by atoms with Gasteiger partial charge in [-0.15, -0.1) is 0 Å². The molecule has 88 valence electrons. The van der Waals surface area contributed by atoms with Crippen LogP contribution in [0.25, 0.3) is 6.08 Å². The zero-order chi connectivity index (χ0) is 11.8. The van der Waals surface area contributed by atoms with Crippen LogP contribution in [0.4, 0.5) is 0 Å². The van der Waals surface area contributed by atoms with Crippen molar-refractivity contribution in [2.75, 3.05) is 20.3 Å². The van der Waals surface area contributed by atoms with Crippen LogP contribution in [0.3, 0.4) is 0 Å². The molecule has 1 atom stereocenters. The molecule has 0 amide bonds. The molecule has 0 aliphatic rings. The van der Waals surface area contributed by atoms with Crippen molar-refractivity contribution in [3.63, 3.8) is 0 Å². The van der Waals surface area contributed by atoms with E-state index >= 15 is 0 Å². The Morgan fingerprint density at radius 3 is 2.88 bits per heavy atom. The molecule has 1 rings (SSSR count). The Morgan fingerprint density at radius 2 is 2.19 bits per heavy atom. The minimum absolute atomic E-state index is 0.127. The summed E-state index contributed by atoms with van der Waals surface area (Å²) in [5.41, 5.74) is 1.06.